The van der Waals surface area contributed by atoms with Crippen LogP contribution in [0.15, 0.2) is 24.3 Å². The topological polar surface area (TPSA) is 49.9 Å². The highest BCUT2D eigenvalue weighted by Crippen LogP contribution is 2.27. The normalized spacial score (nSPS) is 18.9. The molecule has 0 saturated carbocycles. The minimum atomic E-state index is -0.710. The Bertz CT molecular complexity index is 625. The molecule has 1 aromatic carbocycles. The van der Waals surface area contributed by atoms with Gasteiger partial charge in [-0.2, -0.15) is 0 Å². The lowest BCUT2D eigenvalue weighted by atomic mass is 10.2. The quantitative estimate of drug-likeness (QED) is 0.733. The molecular weight excluding hydrogens is 324 g/mol. The molecule has 118 valence electrons. The highest BCUT2D eigenvalue weighted by atomic mass is 35.5. The van der Waals surface area contributed by atoms with E-state index in [4.69, 9.17) is 28.6 Å². The second kappa shape index (κ2) is 5.85. The van der Waals surface area contributed by atoms with Crippen LogP contribution in [0.25, 0.3) is 0 Å². The number of anilines is 1. The Hall–Kier alpha value is -1.66. The summed E-state index contributed by atoms with van der Waals surface area (Å²) < 4.78 is 5.31. The Balaban J connectivity index is 2.30. The van der Waals surface area contributed by atoms with Crippen LogP contribution in [-0.2, 0) is 9.53 Å². The summed E-state index contributed by atoms with van der Waals surface area (Å²) in [6.07, 6.45) is -0.630. The number of hydrogen-bond donors (Lipinski definition) is 0. The van der Waals surface area contributed by atoms with Crippen LogP contribution in [0.2, 0.25) is 5.02 Å². The van der Waals surface area contributed by atoms with Gasteiger partial charge < -0.3 is 4.74 Å². The van der Waals surface area contributed by atoms with Crippen molar-refractivity contribution in [3.8, 4) is 0 Å². The maximum Gasteiger partial charge on any atom is 0.417 e. The molecule has 0 bridgehead atoms. The number of nitrogens with zero attached hydrogens (tertiary/aromatic N) is 2. The zero-order valence-corrected chi connectivity index (χ0v) is 14.4. The summed E-state index contributed by atoms with van der Waals surface area (Å²) in [5.74, 6) is -0.279. The van der Waals surface area contributed by atoms with E-state index in [0.717, 1.165) is 0 Å². The van der Waals surface area contributed by atoms with E-state index in [1.54, 1.807) is 52.0 Å². The molecule has 1 heterocycles. The third-order valence-electron chi connectivity index (χ3n) is 3.04. The molecule has 22 heavy (non-hydrogen) atoms. The minimum absolute atomic E-state index is 0.106. The fourth-order valence-corrected chi connectivity index (χ4v) is 2.59. The van der Waals surface area contributed by atoms with Crippen molar-refractivity contribution < 1.29 is 14.3 Å². The van der Waals surface area contributed by atoms with Crippen LogP contribution in [-0.4, -0.2) is 33.7 Å². The van der Waals surface area contributed by atoms with E-state index < -0.39 is 17.7 Å². The van der Waals surface area contributed by atoms with E-state index in [1.807, 2.05) is 0 Å². The van der Waals surface area contributed by atoms with Gasteiger partial charge >= 0.3 is 6.09 Å². The number of amides is 2. The fourth-order valence-electron chi connectivity index (χ4n) is 2.04. The molecule has 5 nitrogen and oxygen atoms in total. The lowest BCUT2D eigenvalue weighted by Gasteiger charge is -2.25. The third kappa shape index (κ3) is 3.23. The summed E-state index contributed by atoms with van der Waals surface area (Å²) in [4.78, 5) is 27.2. The van der Waals surface area contributed by atoms with Gasteiger partial charge in [-0.25, -0.2) is 9.69 Å². The molecule has 1 aromatic rings. The van der Waals surface area contributed by atoms with Gasteiger partial charge in [0.1, 0.15) is 11.6 Å². The molecule has 1 aliphatic heterocycles. The maximum absolute atomic E-state index is 12.4. The van der Waals surface area contributed by atoms with Crippen LogP contribution >= 0.6 is 23.8 Å². The number of halogens is 1. The van der Waals surface area contributed by atoms with Crippen molar-refractivity contribution >= 4 is 46.6 Å². The number of thiocarbonyl (C=S) groups is 1. The van der Waals surface area contributed by atoms with Gasteiger partial charge in [0, 0.05) is 5.02 Å². The van der Waals surface area contributed by atoms with E-state index in [0.29, 0.717) is 10.7 Å². The summed E-state index contributed by atoms with van der Waals surface area (Å²) in [6.45, 7) is 6.89. The summed E-state index contributed by atoms with van der Waals surface area (Å²) in [6, 6.07) is 5.97. The standard InChI is InChI=1S/C15H17ClN2O3S/c1-9-12(19)18(11-7-5-10(16)6-8-11)13(22)17(9)14(20)21-15(2,3)4/h5-9H,1-4H3. The number of ether oxygens (including phenoxy) is 1. The largest absolute Gasteiger partial charge is 0.443 e. The van der Waals surface area contributed by atoms with Gasteiger partial charge in [0.05, 0.1) is 5.69 Å². The van der Waals surface area contributed by atoms with Crippen LogP contribution < -0.4 is 4.90 Å². The van der Waals surface area contributed by atoms with Crippen molar-refractivity contribution in [2.45, 2.75) is 39.3 Å². The van der Waals surface area contributed by atoms with E-state index in [9.17, 15) is 9.59 Å². The smallest absolute Gasteiger partial charge is 0.417 e. The minimum Gasteiger partial charge on any atom is -0.443 e. The second-order valence-corrected chi connectivity index (χ2v) is 6.76. The van der Waals surface area contributed by atoms with Crippen LogP contribution in [0.5, 0.6) is 0 Å². The third-order valence-corrected chi connectivity index (χ3v) is 3.67. The predicted molar refractivity (Wildman–Crippen MR) is 89.1 cm³/mol. The first-order chi connectivity index (χ1) is 10.1. The number of hydrogen-bond acceptors (Lipinski definition) is 4. The average molecular weight is 341 g/mol. The van der Waals surface area contributed by atoms with Crippen molar-refractivity contribution in [3.63, 3.8) is 0 Å². The molecule has 0 aromatic heterocycles. The van der Waals surface area contributed by atoms with E-state index in [1.165, 1.54) is 9.80 Å². The van der Waals surface area contributed by atoms with Gasteiger partial charge in [-0.15, -0.1) is 0 Å². The molecule has 1 aliphatic rings. The number of rotatable bonds is 1. The Morgan fingerprint density at radius 1 is 1.27 bits per heavy atom. The van der Waals surface area contributed by atoms with Crippen molar-refractivity contribution in [2.24, 2.45) is 0 Å². The van der Waals surface area contributed by atoms with E-state index in [2.05, 4.69) is 0 Å². The fraction of sp³-hybridized carbons (Fsp3) is 0.400. The predicted octanol–water partition coefficient (Wildman–Crippen LogP) is 3.60. The highest BCUT2D eigenvalue weighted by molar-refractivity contribution is 7.80. The molecule has 0 aliphatic carbocycles. The van der Waals surface area contributed by atoms with Crippen LogP contribution in [0.1, 0.15) is 27.7 Å². The van der Waals surface area contributed by atoms with Gasteiger partial charge in [0.15, 0.2) is 5.11 Å². The second-order valence-electron chi connectivity index (χ2n) is 5.96. The van der Waals surface area contributed by atoms with Crippen molar-refractivity contribution in [2.75, 3.05) is 4.90 Å². The first-order valence-electron chi connectivity index (χ1n) is 6.77. The SMILES string of the molecule is CC1C(=O)N(c2ccc(Cl)cc2)C(=S)N1C(=O)OC(C)(C)C. The molecule has 1 saturated heterocycles. The average Bonchev–Trinajstić information content (AvgIpc) is 2.60. The zero-order chi connectivity index (χ0) is 16.7. The van der Waals surface area contributed by atoms with E-state index in [-0.39, 0.29) is 11.0 Å². The Morgan fingerprint density at radius 2 is 1.82 bits per heavy atom. The molecule has 1 fully saturated rings. The van der Waals surface area contributed by atoms with Crippen LogP contribution in [0.4, 0.5) is 10.5 Å². The van der Waals surface area contributed by atoms with Gasteiger partial charge in [-0.1, -0.05) is 11.6 Å². The van der Waals surface area contributed by atoms with Gasteiger partial charge in [0.2, 0.25) is 0 Å². The first kappa shape index (κ1) is 16.7. The maximum atomic E-state index is 12.4. The van der Waals surface area contributed by atoms with Gasteiger partial charge in [0.25, 0.3) is 5.91 Å². The number of carbonyl (C=O) groups excluding carboxylic acids is 2. The summed E-state index contributed by atoms with van der Waals surface area (Å²) in [5, 5.41) is 0.660. The zero-order valence-electron chi connectivity index (χ0n) is 12.8. The molecule has 0 radical (unpaired) electrons. The lowest BCUT2D eigenvalue weighted by Crippen LogP contribution is -2.42. The van der Waals surface area contributed by atoms with Crippen molar-refractivity contribution in [1.29, 1.82) is 0 Å². The molecule has 2 amide bonds. The molecule has 0 spiro atoms. The molecule has 7 heteroatoms. The van der Waals surface area contributed by atoms with Crippen LogP contribution in [0, 0.1) is 0 Å². The molecule has 0 N–H and O–H groups in total. The van der Waals surface area contributed by atoms with E-state index >= 15 is 0 Å². The van der Waals surface area contributed by atoms with Crippen LogP contribution in [0.3, 0.4) is 0 Å². The molecular formula is C15H17ClN2O3S. The Kier molecular flexibility index (Phi) is 4.44. The summed E-state index contributed by atoms with van der Waals surface area (Å²) >= 11 is 11.1. The highest BCUT2D eigenvalue weighted by Gasteiger charge is 2.45. The molecule has 1 atom stereocenters. The Morgan fingerprint density at radius 3 is 2.32 bits per heavy atom. The van der Waals surface area contributed by atoms with Gasteiger partial charge in [-0.05, 0) is 64.2 Å². The number of carbonyl (C=O) groups is 2. The monoisotopic (exact) mass is 340 g/mol. The first-order valence-corrected chi connectivity index (χ1v) is 7.56. The molecule has 1 unspecified atom stereocenters. The summed E-state index contributed by atoms with van der Waals surface area (Å²) in [7, 11) is 0. The lowest BCUT2D eigenvalue weighted by molar-refractivity contribution is -0.119. The summed E-state index contributed by atoms with van der Waals surface area (Å²) in [5.41, 5.74) is -0.0966. The Labute approximate surface area is 139 Å². The van der Waals surface area contributed by atoms with Gasteiger partial charge in [-0.3, -0.25) is 9.69 Å². The van der Waals surface area contributed by atoms with Crippen molar-refractivity contribution in [1.82, 2.24) is 4.90 Å². The number of benzene rings is 1. The molecule has 2 rings (SSSR count). The van der Waals surface area contributed by atoms with Crippen molar-refractivity contribution in [3.05, 3.63) is 29.3 Å².